The van der Waals surface area contributed by atoms with Crippen molar-refractivity contribution in [2.75, 3.05) is 7.11 Å². The van der Waals surface area contributed by atoms with Crippen LogP contribution in [0.2, 0.25) is 0 Å². The molecule has 1 saturated carbocycles. The molecule has 1 aliphatic rings. The van der Waals surface area contributed by atoms with E-state index in [4.69, 9.17) is 9.15 Å². The molecule has 2 aromatic heterocycles. The van der Waals surface area contributed by atoms with E-state index in [1.165, 1.54) is 24.1 Å². The van der Waals surface area contributed by atoms with E-state index in [1.807, 2.05) is 36.0 Å². The largest absolute Gasteiger partial charge is 0.497 e. The maximum absolute atomic E-state index is 6.15. The third-order valence-corrected chi connectivity index (χ3v) is 5.48. The van der Waals surface area contributed by atoms with E-state index in [2.05, 4.69) is 36.0 Å². The first kappa shape index (κ1) is 17.9. The Morgan fingerprint density at radius 2 is 1.85 bits per heavy atom. The van der Waals surface area contributed by atoms with Gasteiger partial charge < -0.3 is 9.15 Å². The first-order valence-electron chi connectivity index (χ1n) is 9.51. The maximum Gasteiger partial charge on any atom is 0.134 e. The molecule has 2 heterocycles. The van der Waals surface area contributed by atoms with Crippen LogP contribution in [0, 0.1) is 13.8 Å². The standard InChI is InChI=1S/C22H27N3O2/c1-15-21(16(2)24(3)23-15)14-25(18-7-8-18)13-20-11-12-22(27-20)17-5-9-19(26-4)10-6-17/h5-6,9-12,18H,7-8,13-14H2,1-4H3. The van der Waals surface area contributed by atoms with Crippen molar-refractivity contribution in [3.8, 4) is 17.1 Å². The molecule has 0 aliphatic heterocycles. The van der Waals surface area contributed by atoms with Crippen LogP contribution in [0.25, 0.3) is 11.3 Å². The van der Waals surface area contributed by atoms with Gasteiger partial charge in [-0.25, -0.2) is 0 Å². The van der Waals surface area contributed by atoms with Crippen LogP contribution in [0.3, 0.4) is 0 Å². The third kappa shape index (κ3) is 3.78. The smallest absolute Gasteiger partial charge is 0.134 e. The van der Waals surface area contributed by atoms with Gasteiger partial charge in [-0.2, -0.15) is 5.10 Å². The molecule has 0 amide bonds. The highest BCUT2D eigenvalue weighted by Crippen LogP contribution is 2.32. The van der Waals surface area contributed by atoms with Crippen molar-refractivity contribution in [1.29, 1.82) is 0 Å². The van der Waals surface area contributed by atoms with Gasteiger partial charge in [0.2, 0.25) is 0 Å². The first-order chi connectivity index (χ1) is 13.0. The Hall–Kier alpha value is -2.53. The van der Waals surface area contributed by atoms with Gasteiger partial charge in [-0.1, -0.05) is 0 Å². The molecule has 142 valence electrons. The lowest BCUT2D eigenvalue weighted by Crippen LogP contribution is -2.25. The summed E-state index contributed by atoms with van der Waals surface area (Å²) in [6.07, 6.45) is 2.54. The minimum Gasteiger partial charge on any atom is -0.497 e. The number of rotatable bonds is 7. The molecule has 1 aromatic carbocycles. The zero-order valence-electron chi connectivity index (χ0n) is 16.5. The summed E-state index contributed by atoms with van der Waals surface area (Å²) in [5.74, 6) is 2.76. The van der Waals surface area contributed by atoms with Crippen LogP contribution in [-0.4, -0.2) is 27.8 Å². The topological polar surface area (TPSA) is 43.4 Å². The molecular weight excluding hydrogens is 338 g/mol. The number of ether oxygens (including phenoxy) is 1. The minimum absolute atomic E-state index is 0.651. The molecule has 0 spiro atoms. The average molecular weight is 365 g/mol. The van der Waals surface area contributed by atoms with E-state index in [-0.39, 0.29) is 0 Å². The van der Waals surface area contributed by atoms with Crippen LogP contribution in [0.5, 0.6) is 5.75 Å². The van der Waals surface area contributed by atoms with Gasteiger partial charge >= 0.3 is 0 Å². The van der Waals surface area contributed by atoms with Crippen molar-refractivity contribution in [2.45, 2.75) is 45.8 Å². The molecule has 27 heavy (non-hydrogen) atoms. The van der Waals surface area contributed by atoms with Crippen LogP contribution in [0.4, 0.5) is 0 Å². The predicted octanol–water partition coefficient (Wildman–Crippen LogP) is 4.47. The van der Waals surface area contributed by atoms with Gasteiger partial charge in [-0.15, -0.1) is 0 Å². The summed E-state index contributed by atoms with van der Waals surface area (Å²) in [6.45, 7) is 6.00. The van der Waals surface area contributed by atoms with E-state index in [1.54, 1.807) is 7.11 Å². The van der Waals surface area contributed by atoms with E-state index in [0.717, 1.165) is 41.6 Å². The summed E-state index contributed by atoms with van der Waals surface area (Å²) >= 11 is 0. The number of furan rings is 1. The van der Waals surface area contributed by atoms with Crippen molar-refractivity contribution < 1.29 is 9.15 Å². The molecule has 0 saturated heterocycles. The van der Waals surface area contributed by atoms with Crippen molar-refractivity contribution in [2.24, 2.45) is 7.05 Å². The van der Waals surface area contributed by atoms with Gasteiger partial charge in [-0.3, -0.25) is 9.58 Å². The number of benzene rings is 1. The van der Waals surface area contributed by atoms with Gasteiger partial charge in [0.15, 0.2) is 0 Å². The lowest BCUT2D eigenvalue weighted by molar-refractivity contribution is 0.225. The zero-order chi connectivity index (χ0) is 19.0. The van der Waals surface area contributed by atoms with Crippen molar-refractivity contribution in [1.82, 2.24) is 14.7 Å². The Morgan fingerprint density at radius 1 is 1.11 bits per heavy atom. The fourth-order valence-electron chi connectivity index (χ4n) is 3.58. The number of hydrogen-bond acceptors (Lipinski definition) is 4. The lowest BCUT2D eigenvalue weighted by atomic mass is 10.1. The first-order valence-corrected chi connectivity index (χ1v) is 9.51. The number of methoxy groups -OCH3 is 1. The second-order valence-corrected chi connectivity index (χ2v) is 7.40. The highest BCUT2D eigenvalue weighted by molar-refractivity contribution is 5.58. The maximum atomic E-state index is 6.15. The molecule has 0 bridgehead atoms. The number of nitrogens with zero attached hydrogens (tertiary/aromatic N) is 3. The summed E-state index contributed by atoms with van der Waals surface area (Å²) < 4.78 is 13.4. The highest BCUT2D eigenvalue weighted by atomic mass is 16.5. The molecule has 1 fully saturated rings. The number of aromatic nitrogens is 2. The van der Waals surface area contributed by atoms with Gasteiger partial charge in [0.05, 0.1) is 19.3 Å². The average Bonchev–Trinajstić information content (AvgIpc) is 3.37. The van der Waals surface area contributed by atoms with Crippen LogP contribution < -0.4 is 4.74 Å². The van der Waals surface area contributed by atoms with E-state index in [9.17, 15) is 0 Å². The van der Waals surface area contributed by atoms with E-state index in [0.29, 0.717) is 6.04 Å². The second kappa shape index (κ2) is 7.24. The van der Waals surface area contributed by atoms with Crippen LogP contribution >= 0.6 is 0 Å². The predicted molar refractivity (Wildman–Crippen MR) is 106 cm³/mol. The molecule has 4 rings (SSSR count). The molecule has 0 N–H and O–H groups in total. The van der Waals surface area contributed by atoms with Crippen molar-refractivity contribution in [3.63, 3.8) is 0 Å². The quantitative estimate of drug-likeness (QED) is 0.620. The Labute approximate surface area is 160 Å². The lowest BCUT2D eigenvalue weighted by Gasteiger charge is -2.21. The summed E-state index contributed by atoms with van der Waals surface area (Å²) in [5, 5.41) is 4.56. The zero-order valence-corrected chi connectivity index (χ0v) is 16.5. The Morgan fingerprint density at radius 3 is 2.44 bits per heavy atom. The van der Waals surface area contributed by atoms with Gasteiger partial charge in [-0.05, 0) is 63.1 Å². The van der Waals surface area contributed by atoms with Crippen molar-refractivity contribution >= 4 is 0 Å². The third-order valence-electron chi connectivity index (χ3n) is 5.48. The normalized spacial score (nSPS) is 14.1. The summed E-state index contributed by atoms with van der Waals surface area (Å²) in [6, 6.07) is 12.8. The summed E-state index contributed by atoms with van der Waals surface area (Å²) in [5.41, 5.74) is 4.78. The molecule has 0 unspecified atom stereocenters. The minimum atomic E-state index is 0.651. The summed E-state index contributed by atoms with van der Waals surface area (Å²) in [7, 11) is 3.69. The molecule has 5 nitrogen and oxygen atoms in total. The number of aryl methyl sites for hydroxylation is 2. The molecular formula is C22H27N3O2. The SMILES string of the molecule is COc1ccc(-c2ccc(CN(Cc3c(C)nn(C)c3C)C3CC3)o2)cc1. The van der Waals surface area contributed by atoms with E-state index < -0.39 is 0 Å². The highest BCUT2D eigenvalue weighted by Gasteiger charge is 2.30. The molecule has 3 aromatic rings. The van der Waals surface area contributed by atoms with Crippen LogP contribution in [-0.2, 0) is 20.1 Å². The summed E-state index contributed by atoms with van der Waals surface area (Å²) in [4.78, 5) is 2.52. The second-order valence-electron chi connectivity index (χ2n) is 7.40. The molecule has 1 aliphatic carbocycles. The van der Waals surface area contributed by atoms with Crippen LogP contribution in [0.15, 0.2) is 40.8 Å². The van der Waals surface area contributed by atoms with Crippen LogP contribution in [0.1, 0.15) is 35.6 Å². The molecule has 0 radical (unpaired) electrons. The monoisotopic (exact) mass is 365 g/mol. The van der Waals surface area contributed by atoms with E-state index >= 15 is 0 Å². The van der Waals surface area contributed by atoms with Gasteiger partial charge in [0.25, 0.3) is 0 Å². The molecule has 0 atom stereocenters. The Kier molecular flexibility index (Phi) is 4.79. The fraction of sp³-hybridized carbons (Fsp3) is 0.409. The number of hydrogen-bond donors (Lipinski definition) is 0. The fourth-order valence-corrected chi connectivity index (χ4v) is 3.58. The van der Waals surface area contributed by atoms with Gasteiger partial charge in [0.1, 0.15) is 17.3 Å². The van der Waals surface area contributed by atoms with Gasteiger partial charge in [0, 0.05) is 36.5 Å². The van der Waals surface area contributed by atoms with Crippen molar-refractivity contribution in [3.05, 3.63) is 59.1 Å². The molecule has 5 heteroatoms. The Balaban J connectivity index is 1.50. The Bertz CT molecular complexity index is 920.